The third kappa shape index (κ3) is 5.27. The third-order valence-corrected chi connectivity index (χ3v) is 5.57. The van der Waals surface area contributed by atoms with E-state index in [-0.39, 0.29) is 29.4 Å². The lowest BCUT2D eigenvalue weighted by atomic mass is 10.1. The van der Waals surface area contributed by atoms with Gasteiger partial charge in [-0.2, -0.15) is 0 Å². The Bertz CT molecular complexity index is 1420. The molecule has 3 rings (SSSR count). The predicted molar refractivity (Wildman–Crippen MR) is 135 cm³/mol. The molecule has 1 heterocycles. The Morgan fingerprint density at radius 1 is 0.972 bits per heavy atom. The van der Waals surface area contributed by atoms with Crippen LogP contribution < -0.4 is 21.9 Å². The van der Waals surface area contributed by atoms with Gasteiger partial charge in [0.05, 0.1) is 11.1 Å². The Morgan fingerprint density at radius 3 is 2.17 bits per heavy atom. The van der Waals surface area contributed by atoms with E-state index in [4.69, 9.17) is 10.5 Å². The van der Waals surface area contributed by atoms with E-state index in [2.05, 4.69) is 0 Å². The van der Waals surface area contributed by atoms with Crippen LogP contribution in [0.5, 0.6) is 0 Å². The average Bonchev–Trinajstić information content (AvgIpc) is 2.88. The van der Waals surface area contributed by atoms with Gasteiger partial charge in [-0.15, -0.1) is 0 Å². The topological polar surface area (TPSA) is 134 Å². The predicted octanol–water partition coefficient (Wildman–Crippen LogP) is 2.10. The molecule has 188 valence electrons. The summed E-state index contributed by atoms with van der Waals surface area (Å²) in [6.07, 6.45) is 0. The van der Waals surface area contributed by atoms with Crippen molar-refractivity contribution in [3.8, 4) is 0 Å². The number of para-hydroxylation sites is 1. The fourth-order valence-corrected chi connectivity index (χ4v) is 3.67. The van der Waals surface area contributed by atoms with E-state index in [1.54, 1.807) is 43.4 Å². The number of aromatic nitrogens is 2. The minimum atomic E-state index is -0.917. The maximum atomic E-state index is 13.1. The van der Waals surface area contributed by atoms with E-state index in [9.17, 15) is 24.0 Å². The highest BCUT2D eigenvalue weighted by atomic mass is 16.5. The van der Waals surface area contributed by atoms with Gasteiger partial charge in [0.2, 0.25) is 5.78 Å². The number of amides is 1. The molecule has 2 aromatic carbocycles. The Kier molecular flexibility index (Phi) is 7.88. The first-order valence-corrected chi connectivity index (χ1v) is 11.3. The second-order valence-electron chi connectivity index (χ2n) is 8.66. The van der Waals surface area contributed by atoms with E-state index in [0.717, 1.165) is 9.13 Å². The molecule has 0 unspecified atom stereocenters. The van der Waals surface area contributed by atoms with E-state index >= 15 is 0 Å². The van der Waals surface area contributed by atoms with Crippen molar-refractivity contribution < 1.29 is 19.1 Å². The molecule has 0 radical (unpaired) electrons. The van der Waals surface area contributed by atoms with Crippen molar-refractivity contribution >= 4 is 29.2 Å². The normalized spacial score (nSPS) is 10.8. The number of nitrogen functional groups attached to an aromatic ring is 1. The molecule has 36 heavy (non-hydrogen) atoms. The number of ether oxygens (including phenoxy) is 1. The lowest BCUT2D eigenvalue weighted by Gasteiger charge is -2.19. The third-order valence-electron chi connectivity index (χ3n) is 5.57. The number of rotatable bonds is 8. The minimum absolute atomic E-state index is 0.0198. The average molecular weight is 493 g/mol. The second-order valence-corrected chi connectivity index (χ2v) is 8.66. The minimum Gasteiger partial charge on any atom is -0.454 e. The molecule has 2 N–H and O–H groups in total. The number of ketones is 1. The molecule has 10 heteroatoms. The van der Waals surface area contributed by atoms with E-state index in [1.807, 2.05) is 19.9 Å². The first-order chi connectivity index (χ1) is 17.0. The van der Waals surface area contributed by atoms with Gasteiger partial charge in [0.25, 0.3) is 11.5 Å². The first-order valence-electron chi connectivity index (χ1n) is 11.3. The van der Waals surface area contributed by atoms with Crippen molar-refractivity contribution in [3.05, 3.63) is 92.1 Å². The smallest absolute Gasteiger partial charge is 0.339 e. The molecule has 0 fully saturated rings. The van der Waals surface area contributed by atoms with Crippen LogP contribution in [-0.2, 0) is 18.3 Å². The summed E-state index contributed by atoms with van der Waals surface area (Å²) in [7, 11) is 2.82. The lowest BCUT2D eigenvalue weighted by Crippen LogP contribution is -2.43. The summed E-state index contributed by atoms with van der Waals surface area (Å²) in [5.74, 6) is -2.48. The quantitative estimate of drug-likeness (QED) is 0.376. The zero-order valence-corrected chi connectivity index (χ0v) is 20.6. The van der Waals surface area contributed by atoms with Gasteiger partial charge in [-0.25, -0.2) is 9.59 Å². The van der Waals surface area contributed by atoms with Crippen LogP contribution in [0.4, 0.5) is 11.5 Å². The summed E-state index contributed by atoms with van der Waals surface area (Å²) in [4.78, 5) is 65.2. The molecule has 0 saturated heterocycles. The van der Waals surface area contributed by atoms with Crippen LogP contribution >= 0.6 is 0 Å². The standard InChI is InChI=1S/C26H28N4O6/c1-16(2)14-30-22(27)21(24(33)29(4)26(30)35)20(31)15-36-25(34)19-13-9-8-12-18(19)23(32)28(3)17-10-6-5-7-11-17/h5-13,16H,14-15,27H2,1-4H3. The van der Waals surface area contributed by atoms with Gasteiger partial charge in [-0.05, 0) is 30.2 Å². The fourth-order valence-electron chi connectivity index (χ4n) is 3.67. The van der Waals surface area contributed by atoms with Crippen molar-refractivity contribution in [1.82, 2.24) is 9.13 Å². The number of benzene rings is 2. The summed E-state index contributed by atoms with van der Waals surface area (Å²) < 4.78 is 7.11. The van der Waals surface area contributed by atoms with Crippen molar-refractivity contribution in [2.45, 2.75) is 20.4 Å². The second kappa shape index (κ2) is 10.9. The number of carbonyl (C=O) groups is 3. The number of nitrogens with zero attached hydrogens (tertiary/aromatic N) is 3. The van der Waals surface area contributed by atoms with Gasteiger partial charge in [0.15, 0.2) is 6.61 Å². The molecule has 1 aromatic heterocycles. The summed E-state index contributed by atoms with van der Waals surface area (Å²) in [5.41, 5.74) is 4.73. The molecule has 1 amide bonds. The first kappa shape index (κ1) is 26.1. The van der Waals surface area contributed by atoms with Crippen molar-refractivity contribution in [2.24, 2.45) is 13.0 Å². The summed E-state index contributed by atoms with van der Waals surface area (Å²) in [6, 6.07) is 15.0. The fraction of sp³-hybridized carbons (Fsp3) is 0.269. The van der Waals surface area contributed by atoms with Gasteiger partial charge >= 0.3 is 11.7 Å². The largest absolute Gasteiger partial charge is 0.454 e. The van der Waals surface area contributed by atoms with Gasteiger partial charge in [0.1, 0.15) is 11.4 Å². The molecule has 0 bridgehead atoms. The van der Waals surface area contributed by atoms with E-state index < -0.39 is 41.1 Å². The molecule has 0 aliphatic carbocycles. The van der Waals surface area contributed by atoms with E-state index in [1.165, 1.54) is 24.1 Å². The molecule has 0 saturated carbocycles. The molecule has 3 aromatic rings. The van der Waals surface area contributed by atoms with Gasteiger partial charge in [-0.3, -0.25) is 23.5 Å². The van der Waals surface area contributed by atoms with Gasteiger partial charge < -0.3 is 15.4 Å². The Balaban J connectivity index is 1.85. The number of esters is 1. The Hall–Kier alpha value is -4.47. The summed E-state index contributed by atoms with van der Waals surface area (Å²) in [5, 5.41) is 0. The summed E-state index contributed by atoms with van der Waals surface area (Å²) >= 11 is 0. The maximum absolute atomic E-state index is 13.1. The number of Topliss-reactive ketones (excluding diaryl/α,β-unsaturated/α-hetero) is 1. The van der Waals surface area contributed by atoms with Crippen LogP contribution in [0.15, 0.2) is 64.2 Å². The SMILES string of the molecule is CC(C)Cn1c(N)c(C(=O)COC(=O)c2ccccc2C(=O)N(C)c2ccccc2)c(=O)n(C)c1=O. The zero-order valence-electron chi connectivity index (χ0n) is 20.6. The molecule has 0 spiro atoms. The number of anilines is 2. The highest BCUT2D eigenvalue weighted by molar-refractivity contribution is 6.12. The lowest BCUT2D eigenvalue weighted by molar-refractivity contribution is 0.0472. The number of carbonyl (C=O) groups excluding carboxylic acids is 3. The number of hydrogen-bond donors (Lipinski definition) is 1. The zero-order chi connectivity index (χ0) is 26.6. The number of hydrogen-bond acceptors (Lipinski definition) is 7. The van der Waals surface area contributed by atoms with Crippen LogP contribution in [0.25, 0.3) is 0 Å². The van der Waals surface area contributed by atoms with Gasteiger partial charge in [0, 0.05) is 26.3 Å². The van der Waals surface area contributed by atoms with Crippen LogP contribution in [0.2, 0.25) is 0 Å². The van der Waals surface area contributed by atoms with Crippen LogP contribution in [0.1, 0.15) is 44.9 Å². The van der Waals surface area contributed by atoms with Crippen LogP contribution in [0.3, 0.4) is 0 Å². The molecule has 0 aliphatic rings. The van der Waals surface area contributed by atoms with Crippen molar-refractivity contribution in [3.63, 3.8) is 0 Å². The highest BCUT2D eigenvalue weighted by Crippen LogP contribution is 2.18. The van der Waals surface area contributed by atoms with Crippen LogP contribution in [0, 0.1) is 5.92 Å². The molecule has 10 nitrogen and oxygen atoms in total. The Morgan fingerprint density at radius 2 is 1.56 bits per heavy atom. The van der Waals surface area contributed by atoms with Crippen molar-refractivity contribution in [2.75, 3.05) is 24.3 Å². The highest BCUT2D eigenvalue weighted by Gasteiger charge is 2.25. The monoisotopic (exact) mass is 492 g/mol. The summed E-state index contributed by atoms with van der Waals surface area (Å²) in [6.45, 7) is 3.11. The Labute approximate surface area is 207 Å². The van der Waals surface area contributed by atoms with Crippen LogP contribution in [-0.4, -0.2) is 40.4 Å². The van der Waals surface area contributed by atoms with Gasteiger partial charge in [-0.1, -0.05) is 44.2 Å². The molecular weight excluding hydrogens is 464 g/mol. The molecule has 0 aliphatic heterocycles. The number of nitrogens with two attached hydrogens (primary N) is 1. The molecule has 0 atom stereocenters. The van der Waals surface area contributed by atoms with E-state index in [0.29, 0.717) is 5.69 Å². The van der Waals surface area contributed by atoms with Crippen molar-refractivity contribution in [1.29, 1.82) is 0 Å². The molecular formula is C26H28N4O6. The maximum Gasteiger partial charge on any atom is 0.339 e.